The normalized spacial score (nSPS) is 11.0. The molecular weight excluding hydrogens is 376 g/mol. The third kappa shape index (κ3) is 3.93. The van der Waals surface area contributed by atoms with Crippen LogP contribution in [0.4, 0.5) is 11.4 Å². The van der Waals surface area contributed by atoms with Gasteiger partial charge in [0.15, 0.2) is 5.78 Å². The Labute approximate surface area is 174 Å². The zero-order chi connectivity index (χ0) is 21.3. The van der Waals surface area contributed by atoms with Gasteiger partial charge in [-0.3, -0.25) is 9.59 Å². The van der Waals surface area contributed by atoms with Crippen molar-refractivity contribution in [1.82, 2.24) is 9.97 Å². The predicted molar refractivity (Wildman–Crippen MR) is 120 cm³/mol. The van der Waals surface area contributed by atoms with Crippen molar-refractivity contribution in [2.24, 2.45) is 5.92 Å². The van der Waals surface area contributed by atoms with E-state index in [0.29, 0.717) is 22.5 Å². The van der Waals surface area contributed by atoms with Crippen molar-refractivity contribution < 1.29 is 9.59 Å². The highest BCUT2D eigenvalue weighted by Crippen LogP contribution is 2.25. The number of nitrogens with one attached hydrogen (secondary N) is 2. The lowest BCUT2D eigenvalue weighted by atomic mass is 10.0. The van der Waals surface area contributed by atoms with Crippen LogP contribution in [0, 0.1) is 5.92 Å². The third-order valence-electron chi connectivity index (χ3n) is 4.91. The molecule has 0 atom stereocenters. The summed E-state index contributed by atoms with van der Waals surface area (Å²) in [6.07, 6.45) is 1.61. The highest BCUT2D eigenvalue weighted by molar-refractivity contribution is 6.04. The van der Waals surface area contributed by atoms with Crippen LogP contribution in [0.5, 0.6) is 0 Å². The van der Waals surface area contributed by atoms with Gasteiger partial charge in [0.1, 0.15) is 5.65 Å². The quantitative estimate of drug-likeness (QED) is 0.329. The third-order valence-corrected chi connectivity index (χ3v) is 4.91. The number of pyridine rings is 1. The molecule has 0 unspecified atom stereocenters. The number of benzene rings is 2. The van der Waals surface area contributed by atoms with Gasteiger partial charge >= 0.3 is 0 Å². The maximum absolute atomic E-state index is 12.3. The van der Waals surface area contributed by atoms with Crippen molar-refractivity contribution >= 4 is 34.1 Å². The van der Waals surface area contributed by atoms with E-state index < -0.39 is 0 Å². The van der Waals surface area contributed by atoms with E-state index >= 15 is 0 Å². The number of anilines is 2. The summed E-state index contributed by atoms with van der Waals surface area (Å²) >= 11 is 0. The van der Waals surface area contributed by atoms with Gasteiger partial charge < -0.3 is 16.0 Å². The largest absolute Gasteiger partial charge is 0.399 e. The number of H-pyrrole nitrogens is 1. The number of amides is 1. The van der Waals surface area contributed by atoms with Gasteiger partial charge in [-0.2, -0.15) is 0 Å². The lowest BCUT2D eigenvalue weighted by Gasteiger charge is -2.06. The fraction of sp³-hybridized carbons (Fsp3) is 0.125. The van der Waals surface area contributed by atoms with Crippen LogP contribution in [0.2, 0.25) is 0 Å². The van der Waals surface area contributed by atoms with Crippen LogP contribution in [0.1, 0.15) is 34.6 Å². The van der Waals surface area contributed by atoms with Crippen LogP contribution < -0.4 is 11.1 Å². The van der Waals surface area contributed by atoms with Crippen molar-refractivity contribution in [2.45, 2.75) is 13.8 Å². The summed E-state index contributed by atoms with van der Waals surface area (Å²) in [6, 6.07) is 18.1. The van der Waals surface area contributed by atoms with E-state index in [4.69, 9.17) is 5.73 Å². The highest BCUT2D eigenvalue weighted by atomic mass is 16.1. The molecule has 30 heavy (non-hydrogen) atoms. The monoisotopic (exact) mass is 398 g/mol. The predicted octanol–water partition coefficient (Wildman–Crippen LogP) is 4.90. The SMILES string of the molecule is CC(C)C(=O)c1cnc2[nH]c(-c3ccc(NC(=O)c4ccc(N)cc4)cc3)cc2c1. The molecule has 4 N–H and O–H groups in total. The minimum atomic E-state index is -0.195. The molecule has 150 valence electrons. The average Bonchev–Trinajstić information content (AvgIpc) is 3.17. The van der Waals surface area contributed by atoms with Crippen molar-refractivity contribution in [3.8, 4) is 11.3 Å². The van der Waals surface area contributed by atoms with Crippen LogP contribution in [0.15, 0.2) is 66.9 Å². The summed E-state index contributed by atoms with van der Waals surface area (Å²) in [4.78, 5) is 32.2. The number of aromatic nitrogens is 2. The fourth-order valence-corrected chi connectivity index (χ4v) is 3.21. The van der Waals surface area contributed by atoms with Crippen molar-refractivity contribution in [3.63, 3.8) is 0 Å². The number of nitrogens with two attached hydrogens (primary N) is 1. The van der Waals surface area contributed by atoms with Gasteiger partial charge in [-0.05, 0) is 54.1 Å². The number of hydrogen-bond acceptors (Lipinski definition) is 4. The Hall–Kier alpha value is -3.93. The van der Waals surface area contributed by atoms with Gasteiger partial charge in [0.2, 0.25) is 0 Å². The van der Waals surface area contributed by atoms with Gasteiger partial charge in [-0.25, -0.2) is 4.98 Å². The number of nitrogens with zero attached hydrogens (tertiary/aromatic N) is 1. The molecule has 0 aliphatic heterocycles. The van der Waals surface area contributed by atoms with Gasteiger partial charge in [0.25, 0.3) is 5.91 Å². The zero-order valence-electron chi connectivity index (χ0n) is 16.8. The highest BCUT2D eigenvalue weighted by Gasteiger charge is 2.13. The maximum atomic E-state index is 12.3. The number of hydrogen-bond donors (Lipinski definition) is 3. The number of carbonyl (C=O) groups excluding carboxylic acids is 2. The molecule has 4 aromatic rings. The molecule has 2 aromatic heterocycles. The molecule has 0 fully saturated rings. The first-order chi connectivity index (χ1) is 14.4. The molecule has 0 saturated carbocycles. The first kappa shape index (κ1) is 19.4. The number of rotatable bonds is 5. The molecule has 4 rings (SSSR count). The Kier molecular flexibility index (Phi) is 5.06. The molecule has 6 nitrogen and oxygen atoms in total. The molecule has 0 aliphatic rings. The smallest absolute Gasteiger partial charge is 0.255 e. The van der Waals surface area contributed by atoms with E-state index in [9.17, 15) is 9.59 Å². The van der Waals surface area contributed by atoms with E-state index in [-0.39, 0.29) is 17.6 Å². The van der Waals surface area contributed by atoms with Crippen LogP contribution in [0.25, 0.3) is 22.3 Å². The molecule has 0 bridgehead atoms. The second-order valence-corrected chi connectivity index (χ2v) is 7.52. The summed E-state index contributed by atoms with van der Waals surface area (Å²) in [5, 5.41) is 3.76. The summed E-state index contributed by atoms with van der Waals surface area (Å²) in [6.45, 7) is 3.76. The number of fused-ring (bicyclic) bond motifs is 1. The number of Topliss-reactive ketones (excluding diaryl/α,β-unsaturated/α-hetero) is 1. The van der Waals surface area contributed by atoms with Crippen LogP contribution >= 0.6 is 0 Å². The minimum Gasteiger partial charge on any atom is -0.399 e. The van der Waals surface area contributed by atoms with Crippen LogP contribution in [-0.2, 0) is 0 Å². The van der Waals surface area contributed by atoms with Gasteiger partial charge in [-0.1, -0.05) is 26.0 Å². The first-order valence-electron chi connectivity index (χ1n) is 9.71. The standard InChI is InChI=1S/C24H22N4O2/c1-14(2)22(29)18-11-17-12-21(28-23(17)26-13-18)15-5-9-20(10-6-15)27-24(30)16-3-7-19(25)8-4-16/h3-14H,25H2,1-2H3,(H,26,28)(H,27,30). The van der Waals surface area contributed by atoms with Gasteiger partial charge in [-0.15, -0.1) is 0 Å². The van der Waals surface area contributed by atoms with Crippen molar-refractivity contribution in [1.29, 1.82) is 0 Å². The molecule has 6 heteroatoms. The molecule has 0 aliphatic carbocycles. The zero-order valence-corrected chi connectivity index (χ0v) is 16.8. The number of nitrogen functional groups attached to an aromatic ring is 1. The minimum absolute atomic E-state index is 0.0707. The fourth-order valence-electron chi connectivity index (χ4n) is 3.21. The summed E-state index contributed by atoms with van der Waals surface area (Å²) in [7, 11) is 0. The van der Waals surface area contributed by atoms with Crippen LogP contribution in [0.3, 0.4) is 0 Å². The maximum Gasteiger partial charge on any atom is 0.255 e. The van der Waals surface area contributed by atoms with E-state index in [2.05, 4.69) is 15.3 Å². The lowest BCUT2D eigenvalue weighted by molar-refractivity contribution is 0.0938. The van der Waals surface area contributed by atoms with Crippen molar-refractivity contribution in [2.75, 3.05) is 11.1 Å². The molecule has 2 heterocycles. The van der Waals surface area contributed by atoms with Crippen molar-refractivity contribution in [3.05, 3.63) is 78.0 Å². The second-order valence-electron chi connectivity index (χ2n) is 7.52. The molecule has 2 aromatic carbocycles. The summed E-state index contributed by atoms with van der Waals surface area (Å²) < 4.78 is 0. The summed E-state index contributed by atoms with van der Waals surface area (Å²) in [5.74, 6) is -0.188. The Balaban J connectivity index is 1.53. The molecular formula is C24H22N4O2. The number of carbonyl (C=O) groups is 2. The van der Waals surface area contributed by atoms with E-state index in [1.807, 2.05) is 50.2 Å². The van der Waals surface area contributed by atoms with E-state index in [0.717, 1.165) is 22.3 Å². The molecule has 0 radical (unpaired) electrons. The molecule has 1 amide bonds. The van der Waals surface area contributed by atoms with E-state index in [1.54, 1.807) is 30.5 Å². The Morgan fingerprint density at radius 3 is 2.33 bits per heavy atom. The first-order valence-corrected chi connectivity index (χ1v) is 9.71. The topological polar surface area (TPSA) is 101 Å². The second kappa shape index (κ2) is 7.83. The molecule has 0 spiro atoms. The Morgan fingerprint density at radius 1 is 0.967 bits per heavy atom. The Bertz CT molecular complexity index is 1220. The van der Waals surface area contributed by atoms with Crippen LogP contribution in [-0.4, -0.2) is 21.7 Å². The Morgan fingerprint density at radius 2 is 1.67 bits per heavy atom. The summed E-state index contributed by atoms with van der Waals surface area (Å²) in [5.41, 5.74) is 10.7. The number of aromatic amines is 1. The van der Waals surface area contributed by atoms with Gasteiger partial charge in [0.05, 0.1) is 0 Å². The lowest BCUT2D eigenvalue weighted by Crippen LogP contribution is -2.11. The average molecular weight is 398 g/mol. The van der Waals surface area contributed by atoms with E-state index in [1.165, 1.54) is 0 Å². The van der Waals surface area contributed by atoms with Gasteiger partial charge in [0, 0.05) is 45.7 Å². The number of ketones is 1. The molecule has 0 saturated heterocycles.